The number of ether oxygens (including phenoxy) is 2. The van der Waals surface area contributed by atoms with Gasteiger partial charge < -0.3 is 20.1 Å². The van der Waals surface area contributed by atoms with Crippen molar-refractivity contribution in [3.05, 3.63) is 42.1 Å². The van der Waals surface area contributed by atoms with E-state index in [1.165, 1.54) is 0 Å². The highest BCUT2D eigenvalue weighted by atomic mass is 16.5. The van der Waals surface area contributed by atoms with Crippen molar-refractivity contribution in [2.24, 2.45) is 0 Å². The number of carbonyl (C=O) groups is 1. The third-order valence-corrected chi connectivity index (χ3v) is 3.15. The van der Waals surface area contributed by atoms with Crippen LogP contribution in [0.1, 0.15) is 23.7 Å². The molecule has 1 heterocycles. The highest BCUT2D eigenvalue weighted by Crippen LogP contribution is 2.20. The molecule has 24 heavy (non-hydrogen) atoms. The minimum absolute atomic E-state index is 0.330. The van der Waals surface area contributed by atoms with Crippen molar-refractivity contribution in [3.8, 4) is 0 Å². The van der Waals surface area contributed by atoms with Crippen LogP contribution in [0.3, 0.4) is 0 Å². The zero-order chi connectivity index (χ0) is 17.2. The maximum absolute atomic E-state index is 12.0. The molecular weight excluding hydrogens is 308 g/mol. The summed E-state index contributed by atoms with van der Waals surface area (Å²) in [4.78, 5) is 20.6. The van der Waals surface area contributed by atoms with Crippen LogP contribution in [0.25, 0.3) is 0 Å². The highest BCUT2D eigenvalue weighted by Gasteiger charge is 2.12. The molecule has 0 atom stereocenters. The maximum Gasteiger partial charge on any atom is 0.340 e. The van der Waals surface area contributed by atoms with Crippen molar-refractivity contribution in [2.75, 3.05) is 37.5 Å². The Balaban J connectivity index is 2.07. The number of para-hydroxylation sites is 1. The molecule has 2 rings (SSSR count). The van der Waals surface area contributed by atoms with Gasteiger partial charge >= 0.3 is 5.97 Å². The van der Waals surface area contributed by atoms with Crippen molar-refractivity contribution in [1.29, 1.82) is 0 Å². The predicted molar refractivity (Wildman–Crippen MR) is 92.7 cm³/mol. The fourth-order valence-electron chi connectivity index (χ4n) is 2.05. The van der Waals surface area contributed by atoms with Crippen LogP contribution in [-0.2, 0) is 9.47 Å². The monoisotopic (exact) mass is 330 g/mol. The van der Waals surface area contributed by atoms with Crippen LogP contribution in [-0.4, -0.2) is 42.8 Å². The average molecular weight is 330 g/mol. The van der Waals surface area contributed by atoms with Crippen LogP contribution in [0, 0.1) is 0 Å². The number of hydrogen-bond donors (Lipinski definition) is 2. The lowest BCUT2D eigenvalue weighted by molar-refractivity contribution is 0.0527. The Morgan fingerprint density at radius 3 is 2.88 bits per heavy atom. The van der Waals surface area contributed by atoms with E-state index in [4.69, 9.17) is 9.47 Å². The maximum atomic E-state index is 12.0. The topological polar surface area (TPSA) is 85.4 Å². The van der Waals surface area contributed by atoms with E-state index in [1.54, 1.807) is 44.5 Å². The molecule has 0 bridgehead atoms. The van der Waals surface area contributed by atoms with Gasteiger partial charge in [-0.15, -0.1) is 0 Å². The minimum atomic E-state index is -0.368. The van der Waals surface area contributed by atoms with E-state index in [9.17, 15) is 4.79 Å². The molecule has 7 heteroatoms. The summed E-state index contributed by atoms with van der Waals surface area (Å²) >= 11 is 0. The summed E-state index contributed by atoms with van der Waals surface area (Å²) in [5.41, 5.74) is 1.10. The number of carbonyl (C=O) groups excluding carboxylic acids is 1. The van der Waals surface area contributed by atoms with E-state index in [0.717, 1.165) is 13.0 Å². The molecule has 0 saturated carbocycles. The normalized spacial score (nSPS) is 10.2. The first-order chi connectivity index (χ1) is 11.7. The van der Waals surface area contributed by atoms with Crippen LogP contribution in [0.4, 0.5) is 17.5 Å². The van der Waals surface area contributed by atoms with Gasteiger partial charge in [-0.1, -0.05) is 12.1 Å². The second kappa shape index (κ2) is 9.46. The van der Waals surface area contributed by atoms with Crippen molar-refractivity contribution in [3.63, 3.8) is 0 Å². The average Bonchev–Trinajstić information content (AvgIpc) is 2.60. The Hall–Kier alpha value is -2.67. The molecule has 1 aromatic carbocycles. The van der Waals surface area contributed by atoms with Gasteiger partial charge in [-0.05, 0) is 31.5 Å². The summed E-state index contributed by atoms with van der Waals surface area (Å²) in [6.07, 6.45) is 2.52. The largest absolute Gasteiger partial charge is 0.462 e. The summed E-state index contributed by atoms with van der Waals surface area (Å²) in [6, 6.07) is 8.89. The van der Waals surface area contributed by atoms with Crippen LogP contribution in [0.5, 0.6) is 0 Å². The molecule has 2 N–H and O–H groups in total. The van der Waals surface area contributed by atoms with E-state index < -0.39 is 0 Å². The molecule has 0 radical (unpaired) electrons. The van der Waals surface area contributed by atoms with Gasteiger partial charge in [0.05, 0.1) is 17.9 Å². The van der Waals surface area contributed by atoms with E-state index in [1.807, 2.05) is 6.07 Å². The Kier molecular flexibility index (Phi) is 6.97. The zero-order valence-corrected chi connectivity index (χ0v) is 13.9. The summed E-state index contributed by atoms with van der Waals surface area (Å²) in [6.45, 7) is 3.50. The first-order valence-electron chi connectivity index (χ1n) is 7.83. The SMILES string of the molecule is CCOC(=O)c1ccccc1Nc1ccnc(NCCCOC)n1. The Morgan fingerprint density at radius 2 is 2.08 bits per heavy atom. The molecule has 7 nitrogen and oxygen atoms in total. The molecule has 128 valence electrons. The van der Waals surface area contributed by atoms with Crippen molar-refractivity contribution in [1.82, 2.24) is 9.97 Å². The molecule has 2 aromatic rings. The lowest BCUT2D eigenvalue weighted by Crippen LogP contribution is -2.10. The van der Waals surface area contributed by atoms with Gasteiger partial charge in [0, 0.05) is 26.5 Å². The Morgan fingerprint density at radius 1 is 1.25 bits per heavy atom. The third-order valence-electron chi connectivity index (χ3n) is 3.15. The summed E-state index contributed by atoms with van der Waals surface area (Å²) in [7, 11) is 1.67. The molecule has 0 aliphatic rings. The van der Waals surface area contributed by atoms with Gasteiger partial charge in [0.2, 0.25) is 5.95 Å². The van der Waals surface area contributed by atoms with Crippen LogP contribution in [0.15, 0.2) is 36.5 Å². The van der Waals surface area contributed by atoms with Crippen molar-refractivity contribution in [2.45, 2.75) is 13.3 Å². The zero-order valence-electron chi connectivity index (χ0n) is 13.9. The van der Waals surface area contributed by atoms with Crippen molar-refractivity contribution < 1.29 is 14.3 Å². The lowest BCUT2D eigenvalue weighted by Gasteiger charge is -2.11. The molecule has 0 fully saturated rings. The number of esters is 1. The number of hydrogen-bond acceptors (Lipinski definition) is 7. The van der Waals surface area contributed by atoms with Gasteiger partial charge in [-0.2, -0.15) is 4.98 Å². The van der Waals surface area contributed by atoms with E-state index in [-0.39, 0.29) is 5.97 Å². The summed E-state index contributed by atoms with van der Waals surface area (Å²) in [5, 5.41) is 6.27. The number of methoxy groups -OCH3 is 1. The molecule has 0 spiro atoms. The second-order valence-electron chi connectivity index (χ2n) is 4.93. The quantitative estimate of drug-likeness (QED) is 0.540. The van der Waals surface area contributed by atoms with Crippen LogP contribution >= 0.6 is 0 Å². The van der Waals surface area contributed by atoms with Crippen LogP contribution in [0.2, 0.25) is 0 Å². The first-order valence-corrected chi connectivity index (χ1v) is 7.83. The highest BCUT2D eigenvalue weighted by molar-refractivity contribution is 5.96. The smallest absolute Gasteiger partial charge is 0.340 e. The molecule has 0 saturated heterocycles. The molecule has 0 aliphatic heterocycles. The standard InChI is InChI=1S/C17H22N4O3/c1-3-24-16(22)13-7-4-5-8-14(13)20-15-9-11-19-17(21-15)18-10-6-12-23-2/h4-5,7-9,11H,3,6,10,12H2,1-2H3,(H2,18,19,20,21). The van der Waals surface area contributed by atoms with Gasteiger partial charge in [0.25, 0.3) is 0 Å². The van der Waals surface area contributed by atoms with E-state index >= 15 is 0 Å². The molecule has 0 aliphatic carbocycles. The van der Waals surface area contributed by atoms with Gasteiger partial charge in [-0.3, -0.25) is 0 Å². The third kappa shape index (κ3) is 5.20. The fourth-order valence-corrected chi connectivity index (χ4v) is 2.05. The molecule has 1 aromatic heterocycles. The number of anilines is 3. The van der Waals surface area contributed by atoms with Gasteiger partial charge in [0.1, 0.15) is 5.82 Å². The van der Waals surface area contributed by atoms with Gasteiger partial charge in [-0.25, -0.2) is 9.78 Å². The first kappa shape index (κ1) is 17.7. The number of nitrogens with one attached hydrogen (secondary N) is 2. The minimum Gasteiger partial charge on any atom is -0.462 e. The Bertz CT molecular complexity index is 664. The number of benzene rings is 1. The Labute approximate surface area is 141 Å². The lowest BCUT2D eigenvalue weighted by atomic mass is 10.2. The van der Waals surface area contributed by atoms with Gasteiger partial charge in [0.15, 0.2) is 0 Å². The van der Waals surface area contributed by atoms with E-state index in [0.29, 0.717) is 36.2 Å². The molecule has 0 amide bonds. The second-order valence-corrected chi connectivity index (χ2v) is 4.93. The molecular formula is C17H22N4O3. The number of rotatable bonds is 9. The molecule has 0 unspecified atom stereocenters. The number of aromatic nitrogens is 2. The van der Waals surface area contributed by atoms with Crippen LogP contribution < -0.4 is 10.6 Å². The van der Waals surface area contributed by atoms with E-state index in [2.05, 4.69) is 20.6 Å². The summed E-state index contributed by atoms with van der Waals surface area (Å²) in [5.74, 6) is 0.744. The fraction of sp³-hybridized carbons (Fsp3) is 0.353. The summed E-state index contributed by atoms with van der Waals surface area (Å²) < 4.78 is 10.1. The number of nitrogens with zero attached hydrogens (tertiary/aromatic N) is 2. The predicted octanol–water partition coefficient (Wildman–Crippen LogP) is 2.85. The van der Waals surface area contributed by atoms with Crippen molar-refractivity contribution >= 4 is 23.4 Å².